The molecule has 0 bridgehead atoms. The first-order valence-corrected chi connectivity index (χ1v) is 8.38. The molecule has 0 saturated heterocycles. The Kier molecular flexibility index (Phi) is 5.74. The molecule has 1 fully saturated rings. The van der Waals surface area contributed by atoms with Crippen LogP contribution in [0.2, 0.25) is 0 Å². The Hall–Kier alpha value is -1.91. The van der Waals surface area contributed by atoms with Gasteiger partial charge in [0.1, 0.15) is 11.6 Å². The zero-order chi connectivity index (χ0) is 17.0. The molecule has 1 amide bonds. The number of likely N-dealkylation sites (N-methyl/N-ethyl adjacent to an activating group) is 1. The van der Waals surface area contributed by atoms with E-state index in [4.69, 9.17) is 0 Å². The van der Waals surface area contributed by atoms with Crippen LogP contribution in [-0.2, 0) is 4.79 Å². The summed E-state index contributed by atoms with van der Waals surface area (Å²) in [6.07, 6.45) is 8.59. The van der Waals surface area contributed by atoms with E-state index in [1.807, 2.05) is 34.1 Å². The molecule has 1 aliphatic carbocycles. The van der Waals surface area contributed by atoms with Crippen molar-refractivity contribution in [3.05, 3.63) is 30.2 Å². The van der Waals surface area contributed by atoms with Crippen molar-refractivity contribution in [3.8, 4) is 0 Å². The highest BCUT2D eigenvalue weighted by molar-refractivity contribution is 5.87. The molecule has 1 saturated carbocycles. The van der Waals surface area contributed by atoms with Gasteiger partial charge in [-0.2, -0.15) is 0 Å². The lowest BCUT2D eigenvalue weighted by atomic mass is 10.0. The number of aromatic nitrogens is 2. The van der Waals surface area contributed by atoms with Crippen LogP contribution in [0.25, 0.3) is 0 Å². The van der Waals surface area contributed by atoms with Crippen LogP contribution >= 0.6 is 0 Å². The number of carbonyl (C=O) groups excluding carboxylic acids is 1. The van der Waals surface area contributed by atoms with Crippen molar-refractivity contribution in [1.82, 2.24) is 14.9 Å². The molecule has 2 heterocycles. The zero-order valence-corrected chi connectivity index (χ0v) is 14.7. The van der Waals surface area contributed by atoms with Gasteiger partial charge >= 0.3 is 0 Å². The minimum Gasteiger partial charge on any atom is -0.352 e. The van der Waals surface area contributed by atoms with E-state index in [1.165, 1.54) is 25.7 Å². The summed E-state index contributed by atoms with van der Waals surface area (Å²) in [6, 6.07) is 0.544. The third-order valence-electron chi connectivity index (χ3n) is 4.45. The molecular weight excluding hydrogens is 288 g/mol. The van der Waals surface area contributed by atoms with Crippen LogP contribution in [0.3, 0.4) is 0 Å². The smallest absolute Gasteiger partial charge is 0.231 e. The molecule has 1 aliphatic heterocycles. The topological polar surface area (TPSA) is 49.3 Å². The number of hydrogen-bond donors (Lipinski definition) is 0. The maximum atomic E-state index is 12.4. The number of carbonyl (C=O) groups is 1. The van der Waals surface area contributed by atoms with Crippen LogP contribution in [0.1, 0.15) is 49.9 Å². The third-order valence-corrected chi connectivity index (χ3v) is 4.45. The van der Waals surface area contributed by atoms with E-state index in [0.29, 0.717) is 6.04 Å². The summed E-state index contributed by atoms with van der Waals surface area (Å²) in [4.78, 5) is 25.3. The number of amides is 1. The maximum Gasteiger partial charge on any atom is 0.231 e. The molecule has 3 rings (SSSR count). The average Bonchev–Trinajstić information content (AvgIpc) is 3.13. The van der Waals surface area contributed by atoms with Crippen molar-refractivity contribution in [3.63, 3.8) is 0 Å². The van der Waals surface area contributed by atoms with Gasteiger partial charge in [0, 0.05) is 38.4 Å². The van der Waals surface area contributed by atoms with Crippen molar-refractivity contribution < 1.29 is 4.79 Å². The van der Waals surface area contributed by atoms with Crippen LogP contribution in [-0.4, -0.2) is 47.5 Å². The van der Waals surface area contributed by atoms with Gasteiger partial charge < -0.3 is 9.80 Å². The Morgan fingerprint density at radius 2 is 2.00 bits per heavy atom. The van der Waals surface area contributed by atoms with E-state index in [-0.39, 0.29) is 11.8 Å². The number of aryl methyl sites for hydroxylation is 1. The van der Waals surface area contributed by atoms with Crippen molar-refractivity contribution >= 4 is 11.7 Å². The van der Waals surface area contributed by atoms with Crippen LogP contribution < -0.4 is 4.90 Å². The Bertz CT molecular complexity index is 564. The standard InChI is InChI=1S/C15H22N4O.C3H6/c1-10-16-8-12-13(15(20)18(2)3)9-19(14(12)17-10)11-6-4-5-7-11;1-3-2/h8,11,13H,4-7,9H2,1-3H3;3H,1H2,2H3. The van der Waals surface area contributed by atoms with E-state index < -0.39 is 0 Å². The van der Waals surface area contributed by atoms with Gasteiger partial charge in [0.25, 0.3) is 0 Å². The number of nitrogens with zero attached hydrogens (tertiary/aromatic N) is 4. The summed E-state index contributed by atoms with van der Waals surface area (Å²) in [6.45, 7) is 7.92. The minimum atomic E-state index is -0.110. The average molecular weight is 316 g/mol. The quantitative estimate of drug-likeness (QED) is 0.787. The van der Waals surface area contributed by atoms with E-state index in [1.54, 1.807) is 11.0 Å². The summed E-state index contributed by atoms with van der Waals surface area (Å²) in [5.41, 5.74) is 1.00. The largest absolute Gasteiger partial charge is 0.352 e. The predicted octanol–water partition coefficient (Wildman–Crippen LogP) is 2.91. The predicted molar refractivity (Wildman–Crippen MR) is 93.7 cm³/mol. The van der Waals surface area contributed by atoms with Crippen molar-refractivity contribution in [2.75, 3.05) is 25.5 Å². The second-order valence-corrected chi connectivity index (χ2v) is 6.48. The van der Waals surface area contributed by atoms with E-state index >= 15 is 0 Å². The van der Waals surface area contributed by atoms with Gasteiger partial charge in [-0.1, -0.05) is 18.9 Å². The lowest BCUT2D eigenvalue weighted by Crippen LogP contribution is -2.36. The molecular formula is C18H28N4O. The molecule has 0 radical (unpaired) electrons. The highest BCUT2D eigenvalue weighted by Gasteiger charge is 2.39. The fourth-order valence-electron chi connectivity index (χ4n) is 3.39. The van der Waals surface area contributed by atoms with Crippen molar-refractivity contribution in [1.29, 1.82) is 0 Å². The molecule has 126 valence electrons. The first kappa shape index (κ1) is 17.4. The Morgan fingerprint density at radius 3 is 2.57 bits per heavy atom. The van der Waals surface area contributed by atoms with Crippen LogP contribution in [0.5, 0.6) is 0 Å². The summed E-state index contributed by atoms with van der Waals surface area (Å²) in [5.74, 6) is 1.81. The van der Waals surface area contributed by atoms with Gasteiger partial charge in [-0.05, 0) is 26.7 Å². The molecule has 5 heteroatoms. The van der Waals surface area contributed by atoms with Gasteiger partial charge in [0.2, 0.25) is 5.91 Å². The monoisotopic (exact) mass is 316 g/mol. The number of anilines is 1. The number of allylic oxidation sites excluding steroid dienone is 1. The Labute approximate surface area is 139 Å². The molecule has 0 aromatic carbocycles. The van der Waals surface area contributed by atoms with E-state index in [9.17, 15) is 4.79 Å². The number of fused-ring (bicyclic) bond motifs is 1. The zero-order valence-electron chi connectivity index (χ0n) is 14.7. The Morgan fingerprint density at radius 1 is 1.39 bits per heavy atom. The first-order valence-electron chi connectivity index (χ1n) is 8.38. The van der Waals surface area contributed by atoms with Crippen LogP contribution in [0, 0.1) is 6.92 Å². The van der Waals surface area contributed by atoms with Gasteiger partial charge in [-0.3, -0.25) is 4.79 Å². The molecule has 0 spiro atoms. The molecule has 23 heavy (non-hydrogen) atoms. The molecule has 1 aromatic rings. The summed E-state index contributed by atoms with van der Waals surface area (Å²) in [7, 11) is 3.63. The molecule has 0 N–H and O–H groups in total. The second kappa shape index (κ2) is 7.57. The SMILES string of the molecule is C=CC.Cc1ncc2c(n1)N(C1CCCC1)CC2C(=O)N(C)C. The summed E-state index contributed by atoms with van der Waals surface area (Å²) >= 11 is 0. The fraction of sp³-hybridized carbons (Fsp3) is 0.611. The van der Waals surface area contributed by atoms with Crippen molar-refractivity contribution in [2.45, 2.75) is 51.5 Å². The van der Waals surface area contributed by atoms with Crippen LogP contribution in [0.4, 0.5) is 5.82 Å². The first-order chi connectivity index (χ1) is 11.0. The third kappa shape index (κ3) is 3.71. The molecule has 1 atom stereocenters. The normalized spacial score (nSPS) is 19.8. The van der Waals surface area contributed by atoms with Crippen LogP contribution in [0.15, 0.2) is 18.9 Å². The van der Waals surface area contributed by atoms with Gasteiger partial charge in [-0.15, -0.1) is 6.58 Å². The fourth-order valence-corrected chi connectivity index (χ4v) is 3.39. The lowest BCUT2D eigenvalue weighted by molar-refractivity contribution is -0.129. The highest BCUT2D eigenvalue weighted by Crippen LogP contribution is 2.39. The van der Waals surface area contributed by atoms with E-state index in [2.05, 4.69) is 21.4 Å². The van der Waals surface area contributed by atoms with E-state index in [0.717, 1.165) is 23.8 Å². The maximum absolute atomic E-state index is 12.4. The molecule has 1 unspecified atom stereocenters. The van der Waals surface area contributed by atoms with Gasteiger partial charge in [0.15, 0.2) is 0 Å². The molecule has 1 aromatic heterocycles. The minimum absolute atomic E-state index is 0.110. The van der Waals surface area contributed by atoms with Crippen molar-refractivity contribution in [2.24, 2.45) is 0 Å². The Balaban J connectivity index is 0.000000595. The summed E-state index contributed by atoms with van der Waals surface area (Å²) in [5, 5.41) is 0. The lowest BCUT2D eigenvalue weighted by Gasteiger charge is -2.26. The molecule has 5 nitrogen and oxygen atoms in total. The van der Waals surface area contributed by atoms with Gasteiger partial charge in [0.05, 0.1) is 5.92 Å². The number of rotatable bonds is 2. The highest BCUT2D eigenvalue weighted by atomic mass is 16.2. The summed E-state index contributed by atoms with van der Waals surface area (Å²) < 4.78 is 0. The second-order valence-electron chi connectivity index (χ2n) is 6.48. The number of hydrogen-bond acceptors (Lipinski definition) is 4. The van der Waals surface area contributed by atoms with Gasteiger partial charge in [-0.25, -0.2) is 9.97 Å². The molecule has 2 aliphatic rings.